The van der Waals surface area contributed by atoms with Gasteiger partial charge in [-0.1, -0.05) is 0 Å². The van der Waals surface area contributed by atoms with Crippen molar-refractivity contribution in [1.82, 2.24) is 0 Å². The van der Waals surface area contributed by atoms with Crippen LogP contribution in [0.2, 0.25) is 0 Å². The molecule has 0 aromatic carbocycles. The minimum absolute atomic E-state index is 0. The van der Waals surface area contributed by atoms with Gasteiger partial charge in [-0.15, -0.1) is 0 Å². The Morgan fingerprint density at radius 3 is 1.33 bits per heavy atom. The van der Waals surface area contributed by atoms with Gasteiger partial charge in [-0.05, 0) is 6.16 Å². The van der Waals surface area contributed by atoms with Gasteiger partial charge in [0.05, 0.1) is 0 Å². The van der Waals surface area contributed by atoms with Crippen LogP contribution in [0.25, 0.3) is 0 Å². The molecule has 0 aliphatic rings. The van der Waals surface area contributed by atoms with Gasteiger partial charge < -0.3 is 15.0 Å². The van der Waals surface area contributed by atoms with E-state index in [1.165, 1.54) is 0 Å². The Kier molecular flexibility index (Phi) is 24.4. The van der Waals surface area contributed by atoms with Crippen LogP contribution in [-0.4, -0.2) is 6.16 Å². The van der Waals surface area contributed by atoms with Gasteiger partial charge in [0.15, 0.2) is 0 Å². The maximum atomic E-state index is 8.33. The molecule has 0 unspecified atom stereocenters. The number of hydrogen-bond acceptors (Lipinski definition) is 3. The van der Waals surface area contributed by atoms with Crippen molar-refractivity contribution in [2.24, 2.45) is 0 Å². The molecule has 0 aliphatic carbocycles. The second kappa shape index (κ2) is 9.17. The predicted molar refractivity (Wildman–Crippen MR) is 5.40 cm³/mol. The second-order valence-corrected chi connectivity index (χ2v) is 0.250. The van der Waals surface area contributed by atoms with Crippen molar-refractivity contribution in [3.05, 3.63) is 0 Å². The van der Waals surface area contributed by atoms with Crippen LogP contribution in [0.3, 0.4) is 0 Å². The van der Waals surface area contributed by atoms with Gasteiger partial charge in [0.25, 0.3) is 0 Å². The van der Waals surface area contributed by atoms with Crippen LogP contribution in [0.1, 0.15) is 0 Å². The third-order valence-electron chi connectivity index (χ3n) is 0. The van der Waals surface area contributed by atoms with Gasteiger partial charge in [0.2, 0.25) is 0 Å². The van der Waals surface area contributed by atoms with Crippen LogP contribution in [0.5, 0.6) is 0 Å². The standard InChI is InChI=1S/CH2O3.Au.Os/c2-1(3)4;;/h(H2,2,3,4);;/q;+3;+4/p-2. The summed E-state index contributed by atoms with van der Waals surface area (Å²) in [6, 6.07) is 0. The van der Waals surface area contributed by atoms with Crippen LogP contribution in [0.4, 0.5) is 4.79 Å². The summed E-state index contributed by atoms with van der Waals surface area (Å²) < 4.78 is 0. The molecule has 0 radical (unpaired) electrons. The molecule has 0 rings (SSSR count). The Morgan fingerprint density at radius 2 is 1.33 bits per heavy atom. The normalized spacial score (nSPS) is 4.00. The van der Waals surface area contributed by atoms with Gasteiger partial charge in [-0.2, -0.15) is 0 Å². The SMILES string of the molecule is O=C([O-])[O-].[Au+3].[Os+4]. The fourth-order valence-corrected chi connectivity index (χ4v) is 0. The number of hydrogen-bond donors (Lipinski definition) is 0. The number of carbonyl (C=O) groups excluding carboxylic acids is 1. The molecule has 0 saturated heterocycles. The molecule has 0 fully saturated rings. The summed E-state index contributed by atoms with van der Waals surface area (Å²) in [5.74, 6) is 0. The fourth-order valence-electron chi connectivity index (χ4n) is 0. The Bertz CT molecular complexity index is 33.8. The van der Waals surface area contributed by atoms with E-state index in [1.54, 1.807) is 0 Å². The average Bonchev–Trinajstić information content (AvgIpc) is 0.811. The van der Waals surface area contributed by atoms with Crippen LogP contribution >= 0.6 is 0 Å². The quantitative estimate of drug-likeness (QED) is 0.388. The van der Waals surface area contributed by atoms with Crippen molar-refractivity contribution in [3.8, 4) is 0 Å². The maximum absolute atomic E-state index is 8.33. The third kappa shape index (κ3) is 148. The molecule has 0 aliphatic heterocycles. The number of carboxylic acid groups (broad SMARTS) is 2. The summed E-state index contributed by atoms with van der Waals surface area (Å²) >= 11 is 0. The first-order chi connectivity index (χ1) is 1.73. The fraction of sp³-hybridized carbons (Fsp3) is 0. The summed E-state index contributed by atoms with van der Waals surface area (Å²) in [4.78, 5) is 8.33. The first-order valence-corrected chi connectivity index (χ1v) is 0.612. The number of rotatable bonds is 0. The zero-order valence-corrected chi connectivity index (χ0v) is 7.09. The largest absolute Gasteiger partial charge is 4.00 e. The van der Waals surface area contributed by atoms with E-state index < -0.39 is 6.16 Å². The van der Waals surface area contributed by atoms with E-state index in [1.807, 2.05) is 0 Å². The number of carbonyl (C=O) groups is 1. The van der Waals surface area contributed by atoms with Gasteiger partial charge >= 0.3 is 42.2 Å². The first kappa shape index (κ1) is 15.9. The molecule has 0 bridgehead atoms. The molecule has 6 heavy (non-hydrogen) atoms. The molecule has 0 heterocycles. The van der Waals surface area contributed by atoms with Crippen molar-refractivity contribution >= 4 is 6.16 Å². The molecule has 0 spiro atoms. The topological polar surface area (TPSA) is 63.2 Å². The summed E-state index contributed by atoms with van der Waals surface area (Å²) in [6.07, 6.45) is -2.33. The van der Waals surface area contributed by atoms with Crippen LogP contribution in [0.15, 0.2) is 0 Å². The second-order valence-electron chi connectivity index (χ2n) is 0.250. The van der Waals surface area contributed by atoms with Crippen molar-refractivity contribution in [1.29, 1.82) is 0 Å². The summed E-state index contributed by atoms with van der Waals surface area (Å²) in [5, 5.41) is 16.7. The molecule has 3 nitrogen and oxygen atoms in total. The van der Waals surface area contributed by atoms with E-state index in [0.717, 1.165) is 0 Å². The minimum Gasteiger partial charge on any atom is -0.652 e. The average molecular weight is 447 g/mol. The Labute approximate surface area is 63.3 Å². The van der Waals surface area contributed by atoms with E-state index >= 15 is 0 Å². The third-order valence-corrected chi connectivity index (χ3v) is 0. The molecule has 0 N–H and O–H groups in total. The zero-order chi connectivity index (χ0) is 3.58. The molecule has 0 atom stereocenters. The maximum Gasteiger partial charge on any atom is 4.00 e. The van der Waals surface area contributed by atoms with Gasteiger partial charge in [0.1, 0.15) is 0 Å². The first-order valence-electron chi connectivity index (χ1n) is 0.612. The smallest absolute Gasteiger partial charge is 0.652 e. The van der Waals surface area contributed by atoms with Crippen LogP contribution in [-0.2, 0) is 42.2 Å². The van der Waals surface area contributed by atoms with Crippen LogP contribution in [0, 0.1) is 0 Å². The monoisotopic (exact) mass is 449 g/mol. The van der Waals surface area contributed by atoms with Gasteiger partial charge in [-0.25, -0.2) is 0 Å². The molecule has 36 valence electrons. The molecule has 0 aromatic rings. The molecule has 0 aromatic heterocycles. The molecule has 5 heteroatoms. The van der Waals surface area contributed by atoms with Crippen molar-refractivity contribution in [2.75, 3.05) is 0 Å². The summed E-state index contributed by atoms with van der Waals surface area (Å²) in [7, 11) is 0. The minimum atomic E-state index is -2.33. The Hall–Kier alpha value is 0.647. The zero-order valence-electron chi connectivity index (χ0n) is 2.38. The summed E-state index contributed by atoms with van der Waals surface area (Å²) in [5.41, 5.74) is 0. The molecular formula is CAuO3Os+5. The van der Waals surface area contributed by atoms with Gasteiger partial charge in [0, 0.05) is 0 Å². The van der Waals surface area contributed by atoms with Crippen molar-refractivity contribution in [2.45, 2.75) is 0 Å². The predicted octanol–water partition coefficient (Wildman–Crippen LogP) is -2.45. The van der Waals surface area contributed by atoms with E-state index in [0.29, 0.717) is 0 Å². The van der Waals surface area contributed by atoms with Crippen molar-refractivity contribution in [3.63, 3.8) is 0 Å². The van der Waals surface area contributed by atoms with E-state index in [9.17, 15) is 0 Å². The molecular weight excluding hydrogens is 447 g/mol. The van der Waals surface area contributed by atoms with Gasteiger partial charge in [-0.3, -0.25) is 0 Å². The molecule has 0 saturated carbocycles. The van der Waals surface area contributed by atoms with E-state index in [-0.39, 0.29) is 42.2 Å². The Balaban J connectivity index is -0.0000000450. The Morgan fingerprint density at radius 1 is 1.33 bits per heavy atom. The van der Waals surface area contributed by atoms with Crippen LogP contribution < -0.4 is 10.2 Å². The van der Waals surface area contributed by atoms with E-state index in [4.69, 9.17) is 15.0 Å². The molecule has 0 amide bonds. The van der Waals surface area contributed by atoms with Crippen molar-refractivity contribution < 1.29 is 57.2 Å². The van der Waals surface area contributed by atoms with E-state index in [2.05, 4.69) is 0 Å². The summed E-state index contributed by atoms with van der Waals surface area (Å²) in [6.45, 7) is 0.